The standard InChI is InChI=1S/C14H18N2O/c1-4-12-13(16(5-2)15-14(12)17)11-8-6-7-10(3)9-11/h6-9H,4-5H2,1-3H3,(H,15,17). The Hall–Kier alpha value is -1.77. The highest BCUT2D eigenvalue weighted by molar-refractivity contribution is 5.64. The summed E-state index contributed by atoms with van der Waals surface area (Å²) in [6.45, 7) is 6.90. The molecule has 3 nitrogen and oxygen atoms in total. The molecule has 1 N–H and O–H groups in total. The summed E-state index contributed by atoms with van der Waals surface area (Å²) in [5, 5.41) is 2.89. The van der Waals surface area contributed by atoms with Gasteiger partial charge in [0.2, 0.25) is 0 Å². The lowest BCUT2D eigenvalue weighted by molar-refractivity contribution is 0.660. The molecule has 90 valence electrons. The molecule has 0 aliphatic heterocycles. The van der Waals surface area contributed by atoms with Crippen molar-refractivity contribution < 1.29 is 0 Å². The van der Waals surface area contributed by atoms with Crippen LogP contribution in [0.25, 0.3) is 11.3 Å². The van der Waals surface area contributed by atoms with Crippen LogP contribution in [0.2, 0.25) is 0 Å². The summed E-state index contributed by atoms with van der Waals surface area (Å²) in [4.78, 5) is 11.8. The minimum atomic E-state index is 0.0332. The van der Waals surface area contributed by atoms with Crippen LogP contribution in [-0.2, 0) is 13.0 Å². The van der Waals surface area contributed by atoms with Crippen LogP contribution in [0, 0.1) is 6.92 Å². The molecule has 0 bridgehead atoms. The van der Waals surface area contributed by atoms with E-state index >= 15 is 0 Å². The zero-order chi connectivity index (χ0) is 12.4. The first-order chi connectivity index (χ1) is 8.17. The number of aromatic amines is 1. The van der Waals surface area contributed by atoms with Gasteiger partial charge in [-0.1, -0.05) is 30.7 Å². The fourth-order valence-corrected chi connectivity index (χ4v) is 2.20. The highest BCUT2D eigenvalue weighted by Crippen LogP contribution is 2.22. The Kier molecular flexibility index (Phi) is 3.18. The minimum Gasteiger partial charge on any atom is -0.284 e. The molecule has 0 fully saturated rings. The van der Waals surface area contributed by atoms with Crippen LogP contribution < -0.4 is 5.56 Å². The quantitative estimate of drug-likeness (QED) is 0.865. The zero-order valence-electron chi connectivity index (χ0n) is 10.6. The van der Waals surface area contributed by atoms with Crippen molar-refractivity contribution in [1.29, 1.82) is 0 Å². The molecule has 2 aromatic rings. The average Bonchev–Trinajstić information content (AvgIpc) is 2.65. The maximum Gasteiger partial charge on any atom is 0.267 e. The summed E-state index contributed by atoms with van der Waals surface area (Å²) < 4.78 is 1.93. The van der Waals surface area contributed by atoms with Gasteiger partial charge in [-0.2, -0.15) is 0 Å². The summed E-state index contributed by atoms with van der Waals surface area (Å²) in [6.07, 6.45) is 0.756. The van der Waals surface area contributed by atoms with Crippen molar-refractivity contribution in [1.82, 2.24) is 9.78 Å². The first-order valence-electron chi connectivity index (χ1n) is 6.06. The van der Waals surface area contributed by atoms with Gasteiger partial charge in [0.25, 0.3) is 5.56 Å². The average molecular weight is 230 g/mol. The van der Waals surface area contributed by atoms with Crippen molar-refractivity contribution in [3.05, 3.63) is 45.7 Å². The number of hydrogen-bond acceptors (Lipinski definition) is 1. The Morgan fingerprint density at radius 2 is 2.06 bits per heavy atom. The monoisotopic (exact) mass is 230 g/mol. The highest BCUT2D eigenvalue weighted by Gasteiger charge is 2.13. The van der Waals surface area contributed by atoms with Gasteiger partial charge in [-0.3, -0.25) is 14.6 Å². The summed E-state index contributed by atoms with van der Waals surface area (Å²) in [5.74, 6) is 0. The number of benzene rings is 1. The predicted molar refractivity (Wildman–Crippen MR) is 70.3 cm³/mol. The van der Waals surface area contributed by atoms with Gasteiger partial charge >= 0.3 is 0 Å². The van der Waals surface area contributed by atoms with Crippen molar-refractivity contribution in [2.75, 3.05) is 0 Å². The molecule has 0 saturated carbocycles. The van der Waals surface area contributed by atoms with Gasteiger partial charge < -0.3 is 0 Å². The van der Waals surface area contributed by atoms with Crippen molar-refractivity contribution >= 4 is 0 Å². The van der Waals surface area contributed by atoms with Gasteiger partial charge in [0, 0.05) is 17.7 Å². The molecule has 0 amide bonds. The van der Waals surface area contributed by atoms with Crippen LogP contribution in [0.3, 0.4) is 0 Å². The number of rotatable bonds is 3. The zero-order valence-corrected chi connectivity index (χ0v) is 10.6. The molecule has 0 spiro atoms. The highest BCUT2D eigenvalue weighted by atomic mass is 16.1. The molecule has 1 aromatic heterocycles. The van der Waals surface area contributed by atoms with E-state index in [0.717, 1.165) is 29.8 Å². The molecule has 2 rings (SSSR count). The SMILES string of the molecule is CCc1c(-c2cccc(C)c2)n(CC)[nH]c1=O. The number of nitrogens with zero attached hydrogens (tertiary/aromatic N) is 1. The van der Waals surface area contributed by atoms with Gasteiger partial charge in [0.05, 0.1) is 5.69 Å². The van der Waals surface area contributed by atoms with Crippen molar-refractivity contribution in [3.8, 4) is 11.3 Å². The van der Waals surface area contributed by atoms with Gasteiger partial charge in [-0.15, -0.1) is 0 Å². The number of H-pyrrole nitrogens is 1. The predicted octanol–water partition coefficient (Wildman–Crippen LogP) is 2.73. The molecule has 1 aromatic carbocycles. The third-order valence-corrected chi connectivity index (χ3v) is 3.03. The van der Waals surface area contributed by atoms with Gasteiger partial charge in [0.15, 0.2) is 0 Å². The third-order valence-electron chi connectivity index (χ3n) is 3.03. The number of aryl methyl sites for hydroxylation is 2. The molecule has 0 radical (unpaired) electrons. The molecule has 0 unspecified atom stereocenters. The van der Waals surface area contributed by atoms with Crippen LogP contribution in [0.1, 0.15) is 25.0 Å². The van der Waals surface area contributed by atoms with E-state index in [1.165, 1.54) is 5.56 Å². The second-order valence-electron chi connectivity index (χ2n) is 4.24. The van der Waals surface area contributed by atoms with Gasteiger partial charge in [0.1, 0.15) is 0 Å². The maximum atomic E-state index is 11.8. The fraction of sp³-hybridized carbons (Fsp3) is 0.357. The molecule has 3 heteroatoms. The lowest BCUT2D eigenvalue weighted by Crippen LogP contribution is -2.06. The summed E-state index contributed by atoms with van der Waals surface area (Å²) in [7, 11) is 0. The minimum absolute atomic E-state index is 0.0332. The van der Waals surface area contributed by atoms with E-state index in [9.17, 15) is 4.79 Å². The van der Waals surface area contributed by atoms with Crippen LogP contribution in [0.4, 0.5) is 0 Å². The lowest BCUT2D eigenvalue weighted by atomic mass is 10.0. The largest absolute Gasteiger partial charge is 0.284 e. The molecular weight excluding hydrogens is 212 g/mol. The van der Waals surface area contributed by atoms with Crippen molar-refractivity contribution in [3.63, 3.8) is 0 Å². The first-order valence-corrected chi connectivity index (χ1v) is 6.06. The van der Waals surface area contributed by atoms with Crippen LogP contribution in [0.15, 0.2) is 29.1 Å². The molecule has 0 saturated heterocycles. The van der Waals surface area contributed by atoms with Crippen LogP contribution >= 0.6 is 0 Å². The van der Waals surface area contributed by atoms with Gasteiger partial charge in [-0.25, -0.2) is 0 Å². The third kappa shape index (κ3) is 2.05. The van der Waals surface area contributed by atoms with E-state index in [4.69, 9.17) is 0 Å². The molecule has 17 heavy (non-hydrogen) atoms. The van der Waals surface area contributed by atoms with E-state index in [1.807, 2.05) is 24.6 Å². The summed E-state index contributed by atoms with van der Waals surface area (Å²) in [5.41, 5.74) is 4.26. The van der Waals surface area contributed by atoms with Crippen molar-refractivity contribution in [2.45, 2.75) is 33.7 Å². The number of hydrogen-bond donors (Lipinski definition) is 1. The van der Waals surface area contributed by atoms with E-state index < -0.39 is 0 Å². The number of nitrogens with one attached hydrogen (secondary N) is 1. The normalized spacial score (nSPS) is 10.8. The molecule has 1 heterocycles. The van der Waals surface area contributed by atoms with E-state index in [0.29, 0.717) is 0 Å². The Morgan fingerprint density at radius 3 is 2.65 bits per heavy atom. The maximum absolute atomic E-state index is 11.8. The second-order valence-corrected chi connectivity index (χ2v) is 4.24. The van der Waals surface area contributed by atoms with E-state index in [1.54, 1.807) is 0 Å². The summed E-state index contributed by atoms with van der Waals surface area (Å²) in [6, 6.07) is 8.27. The Bertz CT molecular complexity index is 578. The van der Waals surface area contributed by atoms with Gasteiger partial charge in [-0.05, 0) is 26.3 Å². The molecule has 0 aliphatic carbocycles. The summed E-state index contributed by atoms with van der Waals surface area (Å²) >= 11 is 0. The smallest absolute Gasteiger partial charge is 0.267 e. The number of aromatic nitrogens is 2. The van der Waals surface area contributed by atoms with E-state index in [-0.39, 0.29) is 5.56 Å². The molecule has 0 atom stereocenters. The van der Waals surface area contributed by atoms with Crippen LogP contribution in [0.5, 0.6) is 0 Å². The van der Waals surface area contributed by atoms with Crippen LogP contribution in [-0.4, -0.2) is 9.78 Å². The second kappa shape index (κ2) is 4.62. The van der Waals surface area contributed by atoms with E-state index in [2.05, 4.69) is 30.2 Å². The Balaban J connectivity index is 2.69. The first kappa shape index (κ1) is 11.7. The van der Waals surface area contributed by atoms with Crippen molar-refractivity contribution in [2.24, 2.45) is 0 Å². The Labute approximate surface area is 101 Å². The molecular formula is C14H18N2O. The topological polar surface area (TPSA) is 37.8 Å². The lowest BCUT2D eigenvalue weighted by Gasteiger charge is -2.08. The fourth-order valence-electron chi connectivity index (χ4n) is 2.20. The molecule has 0 aliphatic rings. The Morgan fingerprint density at radius 1 is 1.29 bits per heavy atom.